The largest absolute Gasteiger partial charge is 0.374 e. The molecule has 1 atom stereocenters. The maximum Gasteiger partial charge on any atom is 0.322 e. The summed E-state index contributed by atoms with van der Waals surface area (Å²) in [6.45, 7) is 11.7. The van der Waals surface area contributed by atoms with Crippen LogP contribution in [0.5, 0.6) is 0 Å². The Bertz CT molecular complexity index is 515. The molecule has 3 rings (SSSR count). The van der Waals surface area contributed by atoms with Crippen LogP contribution in [0.4, 0.5) is 9.80 Å². The molecule has 2 amide bonds. The van der Waals surface area contributed by atoms with Gasteiger partial charge in [0.1, 0.15) is 0 Å². The van der Waals surface area contributed by atoms with Gasteiger partial charge in [-0.25, -0.2) is 4.79 Å². The monoisotopic (exact) mass is 352 g/mol. The van der Waals surface area contributed by atoms with Crippen molar-refractivity contribution in [2.24, 2.45) is 0 Å². The molecule has 0 bridgehead atoms. The molecule has 6 nitrogen and oxygen atoms in total. The van der Waals surface area contributed by atoms with Crippen molar-refractivity contribution in [3.63, 3.8) is 0 Å². The van der Waals surface area contributed by atoms with Gasteiger partial charge in [-0.15, -0.1) is 11.3 Å². The third-order valence-electron chi connectivity index (χ3n) is 4.77. The second-order valence-electron chi connectivity index (χ2n) is 6.78. The summed E-state index contributed by atoms with van der Waals surface area (Å²) in [6, 6.07) is 4.47. The molecule has 24 heavy (non-hydrogen) atoms. The van der Waals surface area contributed by atoms with Gasteiger partial charge in [0.15, 0.2) is 0 Å². The van der Waals surface area contributed by atoms with Crippen molar-refractivity contribution < 1.29 is 9.53 Å². The van der Waals surface area contributed by atoms with Crippen LogP contribution in [0.2, 0.25) is 0 Å². The Hall–Kier alpha value is -1.15. The molecule has 0 aliphatic carbocycles. The zero-order valence-corrected chi connectivity index (χ0v) is 15.4. The molecule has 1 N–H and O–H groups in total. The number of anilines is 1. The summed E-state index contributed by atoms with van der Waals surface area (Å²) in [5.74, 6) is 0. The molecular weight excluding hydrogens is 324 g/mol. The van der Waals surface area contributed by atoms with Gasteiger partial charge in [0.2, 0.25) is 0 Å². The number of carbonyl (C=O) groups is 1. The lowest BCUT2D eigenvalue weighted by atomic mass is 10.2. The van der Waals surface area contributed by atoms with Crippen molar-refractivity contribution >= 4 is 22.4 Å². The Labute approximate surface area is 148 Å². The highest BCUT2D eigenvalue weighted by atomic mass is 32.1. The number of thiophene rings is 1. The van der Waals surface area contributed by atoms with E-state index in [4.69, 9.17) is 4.74 Å². The van der Waals surface area contributed by atoms with Crippen LogP contribution in [0.25, 0.3) is 0 Å². The van der Waals surface area contributed by atoms with Crippen LogP contribution in [0.3, 0.4) is 0 Å². The van der Waals surface area contributed by atoms with Crippen molar-refractivity contribution in [2.75, 3.05) is 57.7 Å². The normalized spacial score (nSPS) is 23.6. The van der Waals surface area contributed by atoms with E-state index in [1.807, 2.05) is 22.4 Å². The Morgan fingerprint density at radius 2 is 2.12 bits per heavy atom. The van der Waals surface area contributed by atoms with Crippen molar-refractivity contribution in [1.29, 1.82) is 0 Å². The lowest BCUT2D eigenvalue weighted by molar-refractivity contribution is -0.0551. The molecule has 2 aliphatic rings. The Balaban J connectivity index is 1.41. The standard InChI is InChI=1S/C17H28N4O2S/c1-14(2)21-9-10-23-15(13-21)12-19-5-7-20(8-6-19)17(22)18-16-4-3-11-24-16/h3-4,11,14-15H,5-10,12-13H2,1-2H3,(H,18,22)/t15-/m0/s1. The lowest BCUT2D eigenvalue weighted by Gasteiger charge is -2.40. The minimum Gasteiger partial charge on any atom is -0.374 e. The molecule has 1 aromatic heterocycles. The molecule has 0 saturated carbocycles. The molecule has 7 heteroatoms. The number of urea groups is 1. The molecule has 0 radical (unpaired) electrons. The predicted octanol–water partition coefficient (Wildman–Crippen LogP) is 2.01. The van der Waals surface area contributed by atoms with Gasteiger partial charge < -0.3 is 9.64 Å². The fourth-order valence-corrected chi connectivity index (χ4v) is 3.88. The first-order valence-corrected chi connectivity index (χ1v) is 9.67. The number of amides is 2. The van der Waals surface area contributed by atoms with Crippen LogP contribution in [0.15, 0.2) is 17.5 Å². The molecule has 1 aromatic rings. The van der Waals surface area contributed by atoms with Crippen LogP contribution in [0.1, 0.15) is 13.8 Å². The van der Waals surface area contributed by atoms with Crippen LogP contribution in [-0.4, -0.2) is 85.3 Å². The van der Waals surface area contributed by atoms with E-state index >= 15 is 0 Å². The zero-order valence-electron chi connectivity index (χ0n) is 14.6. The molecule has 134 valence electrons. The maximum absolute atomic E-state index is 12.3. The van der Waals surface area contributed by atoms with Gasteiger partial charge in [0, 0.05) is 51.9 Å². The van der Waals surface area contributed by atoms with E-state index in [2.05, 4.69) is 29.0 Å². The maximum atomic E-state index is 12.3. The molecule has 0 unspecified atom stereocenters. The van der Waals surface area contributed by atoms with Crippen molar-refractivity contribution in [3.8, 4) is 0 Å². The van der Waals surface area contributed by atoms with E-state index in [1.54, 1.807) is 11.3 Å². The van der Waals surface area contributed by atoms with Gasteiger partial charge in [-0.1, -0.05) is 0 Å². The van der Waals surface area contributed by atoms with Gasteiger partial charge >= 0.3 is 6.03 Å². The number of nitrogens with one attached hydrogen (secondary N) is 1. The second kappa shape index (κ2) is 8.29. The fraction of sp³-hybridized carbons (Fsp3) is 0.706. The van der Waals surface area contributed by atoms with Gasteiger partial charge in [-0.2, -0.15) is 0 Å². The van der Waals surface area contributed by atoms with E-state index in [0.717, 1.165) is 57.4 Å². The number of hydrogen-bond acceptors (Lipinski definition) is 5. The van der Waals surface area contributed by atoms with Crippen molar-refractivity contribution in [2.45, 2.75) is 26.0 Å². The Kier molecular flexibility index (Phi) is 6.10. The van der Waals surface area contributed by atoms with Crippen molar-refractivity contribution in [1.82, 2.24) is 14.7 Å². The second-order valence-corrected chi connectivity index (χ2v) is 7.72. The first kappa shape index (κ1) is 17.7. The third-order valence-corrected chi connectivity index (χ3v) is 5.56. The number of morpholine rings is 1. The molecule has 2 aliphatic heterocycles. The number of hydrogen-bond donors (Lipinski definition) is 1. The Morgan fingerprint density at radius 3 is 2.79 bits per heavy atom. The third kappa shape index (κ3) is 4.69. The molecule has 3 heterocycles. The number of nitrogens with zero attached hydrogens (tertiary/aromatic N) is 3. The fourth-order valence-electron chi connectivity index (χ4n) is 3.28. The van der Waals surface area contributed by atoms with E-state index in [1.165, 1.54) is 0 Å². The number of rotatable bonds is 4. The first-order chi connectivity index (χ1) is 11.6. The SMILES string of the molecule is CC(C)N1CCO[C@@H](CN2CCN(C(=O)Nc3cccs3)CC2)C1. The van der Waals surface area contributed by atoms with Crippen LogP contribution in [-0.2, 0) is 4.74 Å². The zero-order chi connectivity index (χ0) is 16.9. The molecular formula is C17H28N4O2S. The molecule has 0 spiro atoms. The summed E-state index contributed by atoms with van der Waals surface area (Å²) < 4.78 is 5.93. The highest BCUT2D eigenvalue weighted by molar-refractivity contribution is 7.14. The quantitative estimate of drug-likeness (QED) is 0.900. The van der Waals surface area contributed by atoms with Gasteiger partial charge in [-0.3, -0.25) is 15.1 Å². The minimum absolute atomic E-state index is 0.0111. The topological polar surface area (TPSA) is 48.1 Å². The highest BCUT2D eigenvalue weighted by Crippen LogP contribution is 2.16. The van der Waals surface area contributed by atoms with Crippen LogP contribution < -0.4 is 5.32 Å². The summed E-state index contributed by atoms with van der Waals surface area (Å²) >= 11 is 1.55. The highest BCUT2D eigenvalue weighted by Gasteiger charge is 2.27. The van der Waals surface area contributed by atoms with Crippen molar-refractivity contribution in [3.05, 3.63) is 17.5 Å². The predicted molar refractivity (Wildman–Crippen MR) is 97.8 cm³/mol. The van der Waals surface area contributed by atoms with E-state index in [-0.39, 0.29) is 12.1 Å². The van der Waals surface area contributed by atoms with Gasteiger partial charge in [-0.05, 0) is 31.4 Å². The van der Waals surface area contributed by atoms with Gasteiger partial charge in [0.25, 0.3) is 0 Å². The lowest BCUT2D eigenvalue weighted by Crippen LogP contribution is -2.54. The van der Waals surface area contributed by atoms with Gasteiger partial charge in [0.05, 0.1) is 17.7 Å². The summed E-state index contributed by atoms with van der Waals surface area (Å²) in [7, 11) is 0. The molecule has 0 aromatic carbocycles. The average molecular weight is 353 g/mol. The Morgan fingerprint density at radius 1 is 1.33 bits per heavy atom. The summed E-state index contributed by atoms with van der Waals surface area (Å²) in [5, 5.41) is 5.84. The first-order valence-electron chi connectivity index (χ1n) is 8.79. The average Bonchev–Trinajstić information content (AvgIpc) is 3.08. The minimum atomic E-state index is 0.0111. The number of carbonyl (C=O) groups excluding carboxylic acids is 1. The van der Waals surface area contributed by atoms with E-state index in [0.29, 0.717) is 6.04 Å². The van der Waals surface area contributed by atoms with Crippen LogP contribution >= 0.6 is 11.3 Å². The molecule has 2 fully saturated rings. The summed E-state index contributed by atoms with van der Waals surface area (Å²) in [6.07, 6.45) is 0.285. The van der Waals surface area contributed by atoms with E-state index < -0.39 is 0 Å². The van der Waals surface area contributed by atoms with Crippen LogP contribution in [0, 0.1) is 0 Å². The smallest absolute Gasteiger partial charge is 0.322 e. The number of ether oxygens (including phenoxy) is 1. The summed E-state index contributed by atoms with van der Waals surface area (Å²) in [5.41, 5.74) is 0. The van der Waals surface area contributed by atoms with E-state index in [9.17, 15) is 4.79 Å². The molecule has 2 saturated heterocycles. The number of piperazine rings is 1. The summed E-state index contributed by atoms with van der Waals surface area (Å²) in [4.78, 5) is 19.1.